The molecule has 1 heterocycles. The van der Waals surface area contributed by atoms with Crippen molar-refractivity contribution >= 4 is 25.4 Å². The standard InChI is InChI=1S/C26H39NP2/c1-6-9-22-27(28(4)23(7-2)20-21-24(28)8-3)29(5,25-16-12-10-13-17-25)26-18-14-11-15-19-26/h10-19,23-24H,4-9,20-22H2,1-3H3/t23-,24+,28?. The second kappa shape index (κ2) is 10.0. The van der Waals surface area contributed by atoms with E-state index in [1.54, 1.807) is 0 Å². The molecule has 0 spiro atoms. The first-order chi connectivity index (χ1) is 14.0. The molecular weight excluding hydrogens is 388 g/mol. The maximum absolute atomic E-state index is 5.17. The quantitative estimate of drug-likeness (QED) is 0.295. The first kappa shape index (κ1) is 22.9. The molecule has 0 amide bonds. The van der Waals surface area contributed by atoms with E-state index in [4.69, 9.17) is 13.3 Å². The van der Waals surface area contributed by atoms with E-state index >= 15 is 0 Å². The van der Waals surface area contributed by atoms with Crippen molar-refractivity contribution in [3.8, 4) is 0 Å². The van der Waals surface area contributed by atoms with Gasteiger partial charge in [-0.05, 0) is 63.8 Å². The zero-order valence-electron chi connectivity index (χ0n) is 18.6. The van der Waals surface area contributed by atoms with Gasteiger partial charge in [0.15, 0.2) is 0 Å². The molecule has 3 atom stereocenters. The lowest BCUT2D eigenvalue weighted by molar-refractivity contribution is 0.614. The lowest BCUT2D eigenvalue weighted by atomic mass is 10.1. The Labute approximate surface area is 181 Å². The molecule has 1 nitrogen and oxygen atoms in total. The van der Waals surface area contributed by atoms with E-state index in [9.17, 15) is 0 Å². The summed E-state index contributed by atoms with van der Waals surface area (Å²) in [6.45, 7) is 18.5. The van der Waals surface area contributed by atoms with Gasteiger partial charge in [0.25, 0.3) is 0 Å². The number of hydrogen-bond acceptors (Lipinski definition) is 1. The Morgan fingerprint density at radius 2 is 1.31 bits per heavy atom. The van der Waals surface area contributed by atoms with Gasteiger partial charge in [-0.1, -0.05) is 63.6 Å². The van der Waals surface area contributed by atoms with Crippen molar-refractivity contribution in [2.45, 2.75) is 70.6 Å². The summed E-state index contributed by atoms with van der Waals surface area (Å²) in [5.41, 5.74) is 1.50. The Hall–Kier alpha value is -0.740. The molecule has 0 N–H and O–H groups in total. The van der Waals surface area contributed by atoms with Crippen molar-refractivity contribution in [3.63, 3.8) is 0 Å². The van der Waals surface area contributed by atoms with Gasteiger partial charge in [0.2, 0.25) is 0 Å². The van der Waals surface area contributed by atoms with E-state index in [1.807, 2.05) is 0 Å². The van der Waals surface area contributed by atoms with Crippen LogP contribution in [-0.4, -0.2) is 22.3 Å². The highest BCUT2D eigenvalue weighted by molar-refractivity contribution is 7.97. The van der Waals surface area contributed by atoms with Crippen molar-refractivity contribution < 1.29 is 0 Å². The summed E-state index contributed by atoms with van der Waals surface area (Å²) in [5.74, 6) is 0. The van der Waals surface area contributed by atoms with Gasteiger partial charge in [-0.2, -0.15) is 6.66 Å². The summed E-state index contributed by atoms with van der Waals surface area (Å²) >= 11 is 0. The fourth-order valence-corrected chi connectivity index (χ4v) is 16.0. The highest BCUT2D eigenvalue weighted by Gasteiger charge is 2.58. The number of unbranched alkanes of at least 4 members (excludes halogenated alkanes) is 1. The van der Waals surface area contributed by atoms with Crippen LogP contribution >= 0.6 is 14.8 Å². The zero-order valence-corrected chi connectivity index (χ0v) is 20.4. The molecule has 0 bridgehead atoms. The summed E-state index contributed by atoms with van der Waals surface area (Å²) in [6.07, 6.45) is 7.63. The summed E-state index contributed by atoms with van der Waals surface area (Å²) < 4.78 is 2.93. The first-order valence-corrected chi connectivity index (χ1v) is 15.4. The second-order valence-electron chi connectivity index (χ2n) is 8.48. The van der Waals surface area contributed by atoms with Crippen molar-refractivity contribution in [1.29, 1.82) is 0 Å². The maximum atomic E-state index is 5.17. The highest BCUT2D eigenvalue weighted by atomic mass is 31.2. The average molecular weight is 428 g/mol. The third kappa shape index (κ3) is 4.21. The predicted octanol–water partition coefficient (Wildman–Crippen LogP) is 7.54. The third-order valence-electron chi connectivity index (χ3n) is 6.94. The van der Waals surface area contributed by atoms with E-state index in [1.165, 1.54) is 49.1 Å². The predicted molar refractivity (Wildman–Crippen MR) is 136 cm³/mol. The zero-order chi connectivity index (χ0) is 20.9. The summed E-state index contributed by atoms with van der Waals surface area (Å²) in [6, 6.07) is 22.3. The summed E-state index contributed by atoms with van der Waals surface area (Å²) in [4.78, 5) is 0. The van der Waals surface area contributed by atoms with Crippen LogP contribution in [0.2, 0.25) is 0 Å². The van der Waals surface area contributed by atoms with Crippen molar-refractivity contribution in [2.75, 3.05) is 6.54 Å². The minimum absolute atomic E-state index is 0.748. The molecule has 158 valence electrons. The van der Waals surface area contributed by atoms with Gasteiger partial charge in [0.05, 0.1) is 35.9 Å². The molecule has 0 aromatic heterocycles. The van der Waals surface area contributed by atoms with Crippen molar-refractivity contribution in [1.82, 2.24) is 4.44 Å². The maximum Gasteiger partial charge on any atom is 0.0906 e. The molecule has 1 aliphatic heterocycles. The van der Waals surface area contributed by atoms with Crippen LogP contribution in [0.4, 0.5) is 0 Å². The molecule has 0 saturated carbocycles. The number of hydrogen-bond donors (Lipinski definition) is 0. The third-order valence-corrected chi connectivity index (χ3v) is 17.0. The van der Waals surface area contributed by atoms with Crippen LogP contribution in [0.5, 0.6) is 0 Å². The molecule has 1 saturated heterocycles. The van der Waals surface area contributed by atoms with Crippen LogP contribution < -0.4 is 10.6 Å². The van der Waals surface area contributed by atoms with Crippen LogP contribution in [0, 0.1) is 13.3 Å². The lowest BCUT2D eigenvalue weighted by Crippen LogP contribution is -2.39. The van der Waals surface area contributed by atoms with Crippen LogP contribution in [-0.2, 0) is 0 Å². The first-order valence-electron chi connectivity index (χ1n) is 11.4. The van der Waals surface area contributed by atoms with Crippen molar-refractivity contribution in [2.24, 2.45) is 0 Å². The molecular formula is C26H39NP2. The Balaban J connectivity index is 2.22. The number of rotatable bonds is 9. The van der Waals surface area contributed by atoms with Crippen LogP contribution in [0.1, 0.15) is 59.3 Å². The minimum Gasteiger partial charge on any atom is -0.159 e. The van der Waals surface area contributed by atoms with E-state index in [0.29, 0.717) is 0 Å². The van der Waals surface area contributed by atoms with E-state index < -0.39 is 14.8 Å². The molecule has 0 radical (unpaired) electrons. The second-order valence-corrected chi connectivity index (χ2v) is 15.6. The molecule has 2 aromatic carbocycles. The Morgan fingerprint density at radius 1 is 0.862 bits per heavy atom. The number of nitrogens with zero attached hydrogens (tertiary/aromatic N) is 1. The van der Waals surface area contributed by atoms with E-state index in [-0.39, 0.29) is 0 Å². The van der Waals surface area contributed by atoms with Gasteiger partial charge >= 0.3 is 0 Å². The summed E-state index contributed by atoms with van der Waals surface area (Å²) in [5, 5.41) is 2.81. The molecule has 0 aliphatic carbocycles. The molecule has 1 fully saturated rings. The molecule has 3 heteroatoms. The molecule has 1 unspecified atom stereocenters. The van der Waals surface area contributed by atoms with Crippen LogP contribution in [0.15, 0.2) is 60.7 Å². The SMILES string of the molecule is [CH2-][P+](c1ccccc1)(c1ccccc1)N(CCCC)[P+]1([CH2-])[C@H](CC)CC[C@@H]1CC. The lowest BCUT2D eigenvalue weighted by Gasteiger charge is -2.51. The van der Waals surface area contributed by atoms with Gasteiger partial charge in [-0.15, -0.1) is 11.1 Å². The largest absolute Gasteiger partial charge is 0.159 e. The topological polar surface area (TPSA) is 3.24 Å². The molecule has 1 aliphatic rings. The normalized spacial score (nSPS) is 24.9. The van der Waals surface area contributed by atoms with Gasteiger partial charge in [-0.3, -0.25) is 0 Å². The minimum atomic E-state index is -1.96. The average Bonchev–Trinajstić information content (AvgIpc) is 3.10. The van der Waals surface area contributed by atoms with Gasteiger partial charge in [0.1, 0.15) is 0 Å². The summed E-state index contributed by atoms with van der Waals surface area (Å²) in [7, 11) is -3.52. The highest BCUT2D eigenvalue weighted by Crippen LogP contribution is 2.84. The molecule has 29 heavy (non-hydrogen) atoms. The molecule has 3 rings (SSSR count). The molecule has 2 aromatic rings. The Kier molecular flexibility index (Phi) is 7.94. The van der Waals surface area contributed by atoms with Crippen LogP contribution in [0.25, 0.3) is 0 Å². The van der Waals surface area contributed by atoms with Gasteiger partial charge < -0.3 is 0 Å². The number of benzene rings is 2. The smallest absolute Gasteiger partial charge is 0.0906 e. The van der Waals surface area contributed by atoms with Gasteiger partial charge in [0, 0.05) is 0 Å². The fraction of sp³-hybridized carbons (Fsp3) is 0.462. The van der Waals surface area contributed by atoms with Crippen molar-refractivity contribution in [3.05, 3.63) is 74.0 Å². The Bertz CT molecular complexity index is 694. The monoisotopic (exact) mass is 427 g/mol. The van der Waals surface area contributed by atoms with E-state index in [0.717, 1.165) is 17.9 Å². The van der Waals surface area contributed by atoms with E-state index in [2.05, 4.69) is 85.9 Å². The van der Waals surface area contributed by atoms with Crippen LogP contribution in [0.3, 0.4) is 0 Å². The fourth-order valence-electron chi connectivity index (χ4n) is 5.25. The van der Waals surface area contributed by atoms with Gasteiger partial charge in [-0.25, -0.2) is 0 Å². The Morgan fingerprint density at radius 3 is 1.69 bits per heavy atom.